The van der Waals surface area contributed by atoms with Gasteiger partial charge in [0.1, 0.15) is 0 Å². The van der Waals surface area contributed by atoms with Crippen molar-refractivity contribution in [2.45, 2.75) is 25.9 Å². The molecule has 1 aliphatic rings. The van der Waals surface area contributed by atoms with Crippen LogP contribution in [0.15, 0.2) is 48.5 Å². The molecular weight excluding hydrogens is 369 g/mol. The highest BCUT2D eigenvalue weighted by atomic mass is 19.4. The van der Waals surface area contributed by atoms with E-state index >= 15 is 0 Å². The molecule has 148 valence electrons. The van der Waals surface area contributed by atoms with Gasteiger partial charge in [0.2, 0.25) is 5.91 Å². The lowest BCUT2D eigenvalue weighted by molar-refractivity contribution is -0.137. The van der Waals surface area contributed by atoms with Gasteiger partial charge in [0.05, 0.1) is 5.56 Å². The summed E-state index contributed by atoms with van der Waals surface area (Å²) in [5, 5.41) is 2.57. The van der Waals surface area contributed by atoms with Crippen LogP contribution in [0.1, 0.15) is 34.3 Å². The van der Waals surface area contributed by atoms with Gasteiger partial charge in [-0.05, 0) is 49.6 Å². The van der Waals surface area contributed by atoms with E-state index in [0.717, 1.165) is 17.7 Å². The van der Waals surface area contributed by atoms with Crippen LogP contribution in [-0.4, -0.2) is 29.8 Å². The van der Waals surface area contributed by atoms with Gasteiger partial charge in [-0.1, -0.05) is 24.3 Å². The lowest BCUT2D eigenvalue weighted by Gasteiger charge is -2.31. The van der Waals surface area contributed by atoms with E-state index < -0.39 is 11.7 Å². The van der Waals surface area contributed by atoms with Crippen LogP contribution in [0.25, 0.3) is 0 Å². The van der Waals surface area contributed by atoms with E-state index in [2.05, 4.69) is 5.32 Å². The second-order valence-corrected chi connectivity index (χ2v) is 6.95. The number of piperidine rings is 1. The van der Waals surface area contributed by atoms with Crippen LogP contribution in [-0.2, 0) is 11.0 Å². The number of nitrogens with zero attached hydrogens (tertiary/aromatic N) is 1. The smallest absolute Gasteiger partial charge is 0.339 e. The average molecular weight is 390 g/mol. The minimum absolute atomic E-state index is 0.0603. The van der Waals surface area contributed by atoms with Gasteiger partial charge < -0.3 is 10.2 Å². The summed E-state index contributed by atoms with van der Waals surface area (Å²) in [4.78, 5) is 26.8. The molecule has 3 rings (SSSR count). The number of nitrogens with one attached hydrogen (secondary N) is 1. The van der Waals surface area contributed by atoms with Gasteiger partial charge in [-0.2, -0.15) is 13.2 Å². The third-order valence-corrected chi connectivity index (χ3v) is 4.99. The second-order valence-electron chi connectivity index (χ2n) is 6.95. The van der Waals surface area contributed by atoms with Crippen LogP contribution in [0.4, 0.5) is 18.9 Å². The minimum atomic E-state index is -4.46. The molecule has 2 aromatic rings. The molecule has 0 radical (unpaired) electrons. The summed E-state index contributed by atoms with van der Waals surface area (Å²) in [6, 6.07) is 11.9. The van der Waals surface area contributed by atoms with Crippen molar-refractivity contribution in [2.24, 2.45) is 5.92 Å². The molecule has 7 heteroatoms. The Labute approximate surface area is 161 Å². The summed E-state index contributed by atoms with van der Waals surface area (Å²) in [6.45, 7) is 2.75. The van der Waals surface area contributed by atoms with E-state index in [9.17, 15) is 22.8 Å². The minimum Gasteiger partial charge on any atom is -0.339 e. The Bertz CT molecular complexity index is 872. The van der Waals surface area contributed by atoms with Crippen molar-refractivity contribution in [1.29, 1.82) is 0 Å². The number of hydrogen-bond donors (Lipinski definition) is 1. The van der Waals surface area contributed by atoms with E-state index in [-0.39, 0.29) is 23.4 Å². The molecule has 0 bridgehead atoms. The summed E-state index contributed by atoms with van der Waals surface area (Å²) in [6.07, 6.45) is -3.51. The maximum absolute atomic E-state index is 12.8. The predicted molar refractivity (Wildman–Crippen MR) is 99.9 cm³/mol. The Morgan fingerprint density at radius 3 is 2.36 bits per heavy atom. The fraction of sp³-hybridized carbons (Fsp3) is 0.333. The van der Waals surface area contributed by atoms with Gasteiger partial charge in [0.15, 0.2) is 0 Å². The Morgan fingerprint density at radius 2 is 1.71 bits per heavy atom. The third kappa shape index (κ3) is 4.52. The zero-order chi connectivity index (χ0) is 20.3. The second kappa shape index (κ2) is 8.04. The van der Waals surface area contributed by atoms with Gasteiger partial charge in [0, 0.05) is 30.3 Å². The van der Waals surface area contributed by atoms with Gasteiger partial charge in [-0.3, -0.25) is 9.59 Å². The number of carbonyl (C=O) groups excluding carboxylic acids is 2. The van der Waals surface area contributed by atoms with Crippen LogP contribution in [0, 0.1) is 12.8 Å². The molecule has 0 aliphatic carbocycles. The number of amides is 2. The van der Waals surface area contributed by atoms with Crippen LogP contribution in [0.5, 0.6) is 0 Å². The SMILES string of the molecule is Cc1ccccc1C(=O)N1CCC(C(=O)Nc2cccc(C(F)(F)F)c2)CC1. The summed E-state index contributed by atoms with van der Waals surface area (Å²) < 4.78 is 38.4. The molecule has 1 fully saturated rings. The first-order valence-electron chi connectivity index (χ1n) is 9.09. The highest BCUT2D eigenvalue weighted by Crippen LogP contribution is 2.31. The predicted octanol–water partition coefficient (Wildman–Crippen LogP) is 4.50. The van der Waals surface area contributed by atoms with Crippen LogP contribution < -0.4 is 5.32 Å². The Kier molecular flexibility index (Phi) is 5.72. The van der Waals surface area contributed by atoms with Gasteiger partial charge in [-0.15, -0.1) is 0 Å². The number of benzene rings is 2. The molecule has 0 saturated carbocycles. The van der Waals surface area contributed by atoms with Crippen molar-refractivity contribution < 1.29 is 22.8 Å². The summed E-state index contributed by atoms with van der Waals surface area (Å²) in [5.74, 6) is -0.715. The first kappa shape index (κ1) is 19.9. The zero-order valence-electron chi connectivity index (χ0n) is 15.4. The topological polar surface area (TPSA) is 49.4 Å². The van der Waals surface area contributed by atoms with E-state index in [1.807, 2.05) is 25.1 Å². The molecule has 4 nitrogen and oxygen atoms in total. The molecule has 0 unspecified atom stereocenters. The standard InChI is InChI=1S/C21H21F3N2O2/c1-14-5-2-3-8-18(14)20(28)26-11-9-15(10-12-26)19(27)25-17-7-4-6-16(13-17)21(22,23)24/h2-8,13,15H,9-12H2,1H3,(H,25,27). The van der Waals surface area contributed by atoms with Crippen LogP contribution >= 0.6 is 0 Å². The largest absolute Gasteiger partial charge is 0.416 e. The molecule has 0 atom stereocenters. The van der Waals surface area contributed by atoms with Gasteiger partial charge in [-0.25, -0.2) is 0 Å². The van der Waals surface area contributed by atoms with Gasteiger partial charge in [0.25, 0.3) is 5.91 Å². The number of rotatable bonds is 3. The van der Waals surface area contributed by atoms with Crippen molar-refractivity contribution in [3.05, 3.63) is 65.2 Å². The van der Waals surface area contributed by atoms with Crippen molar-refractivity contribution in [3.8, 4) is 0 Å². The number of carbonyl (C=O) groups is 2. The number of hydrogen-bond acceptors (Lipinski definition) is 2. The summed E-state index contributed by atoms with van der Waals surface area (Å²) in [5.41, 5.74) is 0.869. The molecule has 0 aromatic heterocycles. The van der Waals surface area contributed by atoms with Crippen molar-refractivity contribution in [3.63, 3.8) is 0 Å². The third-order valence-electron chi connectivity index (χ3n) is 4.99. The zero-order valence-corrected chi connectivity index (χ0v) is 15.4. The number of halogens is 3. The molecular formula is C21H21F3N2O2. The lowest BCUT2D eigenvalue weighted by atomic mass is 9.95. The molecule has 1 saturated heterocycles. The van der Waals surface area contributed by atoms with Crippen molar-refractivity contribution >= 4 is 17.5 Å². The van der Waals surface area contributed by atoms with Crippen LogP contribution in [0.3, 0.4) is 0 Å². The maximum Gasteiger partial charge on any atom is 0.416 e. The summed E-state index contributed by atoms with van der Waals surface area (Å²) in [7, 11) is 0. The highest BCUT2D eigenvalue weighted by molar-refractivity contribution is 5.96. The lowest BCUT2D eigenvalue weighted by Crippen LogP contribution is -2.41. The van der Waals surface area contributed by atoms with Crippen molar-refractivity contribution in [2.75, 3.05) is 18.4 Å². The Balaban J connectivity index is 1.58. The number of anilines is 1. The van der Waals surface area contributed by atoms with Crippen molar-refractivity contribution in [1.82, 2.24) is 4.90 Å². The first-order chi connectivity index (χ1) is 13.3. The maximum atomic E-state index is 12.8. The first-order valence-corrected chi connectivity index (χ1v) is 9.09. The van der Waals surface area contributed by atoms with E-state index in [1.54, 1.807) is 11.0 Å². The fourth-order valence-electron chi connectivity index (χ4n) is 3.35. The van der Waals surface area contributed by atoms with Gasteiger partial charge >= 0.3 is 6.18 Å². The summed E-state index contributed by atoms with van der Waals surface area (Å²) >= 11 is 0. The Hall–Kier alpha value is -2.83. The average Bonchev–Trinajstić information content (AvgIpc) is 2.67. The highest BCUT2D eigenvalue weighted by Gasteiger charge is 2.31. The molecule has 1 aliphatic heterocycles. The molecule has 2 amide bonds. The van der Waals surface area contributed by atoms with Crippen LogP contribution in [0.2, 0.25) is 0 Å². The Morgan fingerprint density at radius 1 is 1.04 bits per heavy atom. The normalized spacial score (nSPS) is 15.4. The quantitative estimate of drug-likeness (QED) is 0.839. The number of alkyl halides is 3. The van der Waals surface area contributed by atoms with E-state index in [1.165, 1.54) is 12.1 Å². The monoisotopic (exact) mass is 390 g/mol. The number of likely N-dealkylation sites (tertiary alicyclic amines) is 1. The molecule has 28 heavy (non-hydrogen) atoms. The number of aryl methyl sites for hydroxylation is 1. The molecule has 2 aromatic carbocycles. The molecule has 1 heterocycles. The van der Waals surface area contributed by atoms with E-state index in [0.29, 0.717) is 31.5 Å². The molecule has 1 N–H and O–H groups in total. The fourth-order valence-corrected chi connectivity index (χ4v) is 3.35. The molecule has 0 spiro atoms. The van der Waals surface area contributed by atoms with E-state index in [4.69, 9.17) is 0 Å².